The Morgan fingerprint density at radius 2 is 0.944 bits per heavy atom. The number of guanidine groups is 1. The van der Waals surface area contributed by atoms with E-state index >= 15 is 14.4 Å². The van der Waals surface area contributed by atoms with Crippen LogP contribution in [0.2, 0.25) is 0 Å². The van der Waals surface area contributed by atoms with Crippen LogP contribution in [-0.2, 0) is 81.6 Å². The zero-order valence-corrected chi connectivity index (χ0v) is 62.3. The minimum absolute atomic E-state index is 0.0616. The number of aliphatic imine (C=N–C) groups is 1. The van der Waals surface area contributed by atoms with Gasteiger partial charge in [0.1, 0.15) is 60.4 Å². The number of carbonyl (C=O) groups excluding carboxylic acids is 13. The van der Waals surface area contributed by atoms with Gasteiger partial charge in [0.15, 0.2) is 5.96 Å². The summed E-state index contributed by atoms with van der Waals surface area (Å²) in [6.45, 7) is 4.52. The number of hydrogen-bond acceptors (Lipinski definition) is 17. The monoisotopic (exact) mass is 1510 g/mol. The lowest BCUT2D eigenvalue weighted by Gasteiger charge is -2.32. The minimum Gasteiger partial charge on any atom is -0.370 e. The molecule has 13 amide bonds. The maximum absolute atomic E-state index is 15.4. The van der Waals surface area contributed by atoms with Gasteiger partial charge in [0.05, 0.1) is 6.04 Å². The molecule has 2 aliphatic rings. The summed E-state index contributed by atoms with van der Waals surface area (Å²) in [5, 5.41) is 23.5. The number of amides is 13. The number of unbranched alkanes of at least 4 members (excludes halogenated alkanes) is 1. The molecule has 0 aliphatic carbocycles. The first kappa shape index (κ1) is 84.6. The second-order valence-corrected chi connectivity index (χ2v) is 28.8. The maximum atomic E-state index is 15.4. The SMILES string of the molecule is CSCC[C@H](NC(=O)[C@H](CC(C)C)NC(=O)[C@@H](Cc1c[nH]c2ccccc12)NC(=O)[C@H](Cc1ccccc1)NC(=O)[C@@H](Cc1c[nH]c2ccccc12)NC(=O)[C@H](CCC(N)=O)NC(=O)[C@H](CCC(N)=O)NC(=O)[C@@H]1CCCN1C(=O)[C@H](CCCCN)NC(=O)[C@H]1CCCN1C(=O)[C@@H](N)CCCN=C(N)N)C(N)=O. The van der Waals surface area contributed by atoms with Gasteiger partial charge in [-0.1, -0.05) is 80.6 Å². The molecule has 3 aromatic carbocycles. The number of primary amides is 3. The third-order valence-corrected chi connectivity index (χ3v) is 19.8. The van der Waals surface area contributed by atoms with Crippen LogP contribution in [0.1, 0.15) is 127 Å². The summed E-state index contributed by atoms with van der Waals surface area (Å²) in [6, 6.07) is 8.68. The van der Waals surface area contributed by atoms with Crippen LogP contribution in [0.25, 0.3) is 21.8 Å². The van der Waals surface area contributed by atoms with Gasteiger partial charge in [-0.05, 0) is 137 Å². The summed E-state index contributed by atoms with van der Waals surface area (Å²) >= 11 is 1.45. The first-order valence-electron chi connectivity index (χ1n) is 36.7. The Kier molecular flexibility index (Phi) is 33.0. The third-order valence-electron chi connectivity index (χ3n) is 19.1. The highest BCUT2D eigenvalue weighted by molar-refractivity contribution is 7.98. The van der Waals surface area contributed by atoms with Crippen LogP contribution in [0.15, 0.2) is 96.2 Å². The molecule has 0 spiro atoms. The predicted molar refractivity (Wildman–Crippen MR) is 408 cm³/mol. The number of aromatic nitrogens is 2. The molecule has 0 bridgehead atoms. The van der Waals surface area contributed by atoms with Crippen molar-refractivity contribution in [3.05, 3.63) is 108 Å². The van der Waals surface area contributed by atoms with Crippen LogP contribution in [0, 0.1) is 5.92 Å². The number of fused-ring (bicyclic) bond motifs is 2. The van der Waals surface area contributed by atoms with Gasteiger partial charge in [-0.2, -0.15) is 11.8 Å². The van der Waals surface area contributed by atoms with E-state index in [4.69, 9.17) is 40.1 Å². The molecule has 0 radical (unpaired) electrons. The van der Waals surface area contributed by atoms with E-state index in [1.807, 2.05) is 38.3 Å². The molecule has 7 rings (SSSR count). The quantitative estimate of drug-likeness (QED) is 0.0125. The predicted octanol–water partition coefficient (Wildman–Crippen LogP) is -1.14. The van der Waals surface area contributed by atoms with E-state index in [0.29, 0.717) is 71.9 Å². The fourth-order valence-electron chi connectivity index (χ4n) is 13.4. The highest BCUT2D eigenvalue weighted by atomic mass is 32.2. The number of nitrogens with two attached hydrogens (primary N) is 7. The lowest BCUT2D eigenvalue weighted by molar-refractivity contribution is -0.144. The lowest BCUT2D eigenvalue weighted by Crippen LogP contribution is -2.61. The van der Waals surface area contributed by atoms with Crippen molar-refractivity contribution in [2.75, 3.05) is 38.2 Å². The van der Waals surface area contributed by atoms with E-state index in [2.05, 4.69) is 57.5 Å². The second-order valence-electron chi connectivity index (χ2n) is 27.8. The molecule has 34 heteroatoms. The Labute approximate surface area is 631 Å². The summed E-state index contributed by atoms with van der Waals surface area (Å²) < 4.78 is 0. The van der Waals surface area contributed by atoms with Gasteiger partial charge >= 0.3 is 0 Å². The number of hydrogen-bond donors (Lipinski definition) is 17. The molecule has 586 valence electrons. The number of likely N-dealkylation sites (tertiary alicyclic amines) is 2. The van der Waals surface area contributed by atoms with Crippen LogP contribution >= 0.6 is 11.8 Å². The largest absolute Gasteiger partial charge is 0.370 e. The number of para-hydroxylation sites is 2. The van der Waals surface area contributed by atoms with Gasteiger partial charge in [0.25, 0.3) is 0 Å². The third kappa shape index (κ3) is 25.3. The summed E-state index contributed by atoms with van der Waals surface area (Å²) in [5.41, 5.74) is 43.1. The molecule has 108 heavy (non-hydrogen) atoms. The van der Waals surface area contributed by atoms with Crippen LogP contribution in [0.3, 0.4) is 0 Å². The Bertz CT molecular complexity index is 3980. The molecule has 0 unspecified atom stereocenters. The summed E-state index contributed by atoms with van der Waals surface area (Å²) in [7, 11) is 0. The van der Waals surface area contributed by atoms with Crippen molar-refractivity contribution in [2.24, 2.45) is 51.0 Å². The van der Waals surface area contributed by atoms with Gasteiger partial charge in [-0.25, -0.2) is 0 Å². The minimum atomic E-state index is -1.69. The van der Waals surface area contributed by atoms with Gasteiger partial charge in [-0.3, -0.25) is 67.3 Å². The van der Waals surface area contributed by atoms with Crippen molar-refractivity contribution < 1.29 is 62.3 Å². The molecular weight excluding hydrogens is 1410 g/mol. The smallest absolute Gasteiger partial charge is 0.245 e. The van der Waals surface area contributed by atoms with Crippen LogP contribution in [0.4, 0.5) is 0 Å². The average molecular weight is 1520 g/mol. The standard InChI is InChI=1S/C74H106N20O13S/c1-42(2)36-55(66(100)85-51(63(79)97)30-35-108-3)89-68(102)58(39-45-41-84-50-22-10-8-19-47(45)50)92-67(101)56(37-43-16-5-4-6-17-43)90-69(103)57(38-44-40-83-49-21-9-7-18-46(44)49)91-65(99)52(26-28-61(77)95)86-64(98)53(27-29-62(78)96)87-70(104)60-25-15-34-94(60)73(107)54(23-11-12-31-75)88-71(105)59-24-14-33-93(59)72(106)48(76)20-13-32-82-74(80)81/h4-10,16-19,21-22,40-42,48,51-60,83-84H,11-15,20,23-39,75-76H2,1-3H3,(H2,77,95)(H2,78,96)(H2,79,97)(H,85,100)(H,86,98)(H,87,104)(H,88,105)(H,89,102)(H,90,103)(H,91,99)(H,92,101)(H4,80,81,82)/t48-,51-,52-,53-,54-,55-,56-,57+,58+,59+,60-/m0/s1. The number of rotatable bonds is 44. The highest BCUT2D eigenvalue weighted by Gasteiger charge is 2.43. The van der Waals surface area contributed by atoms with E-state index in [1.165, 1.54) is 21.6 Å². The number of nitrogens with zero attached hydrogens (tertiary/aromatic N) is 3. The maximum Gasteiger partial charge on any atom is 0.245 e. The summed E-state index contributed by atoms with van der Waals surface area (Å²) in [4.78, 5) is 197. The molecule has 2 aliphatic heterocycles. The van der Waals surface area contributed by atoms with Gasteiger partial charge in [0, 0.05) is 85.9 Å². The van der Waals surface area contributed by atoms with Crippen molar-refractivity contribution in [1.29, 1.82) is 0 Å². The van der Waals surface area contributed by atoms with Gasteiger partial charge in [0.2, 0.25) is 76.8 Å². The molecule has 4 heterocycles. The molecule has 11 atom stereocenters. The Balaban J connectivity index is 1.15. The number of benzene rings is 3. The first-order chi connectivity index (χ1) is 51.7. The fourth-order valence-corrected chi connectivity index (χ4v) is 13.9. The zero-order chi connectivity index (χ0) is 78.6. The molecule has 24 N–H and O–H groups in total. The van der Waals surface area contributed by atoms with E-state index in [1.54, 1.807) is 73.1 Å². The highest BCUT2D eigenvalue weighted by Crippen LogP contribution is 2.26. The Morgan fingerprint density at radius 1 is 0.500 bits per heavy atom. The molecule has 2 fully saturated rings. The molecular formula is C74H106N20O13S. The van der Waals surface area contributed by atoms with Crippen molar-refractivity contribution in [3.63, 3.8) is 0 Å². The lowest BCUT2D eigenvalue weighted by atomic mass is 9.99. The van der Waals surface area contributed by atoms with Gasteiger partial charge < -0.3 is 102 Å². The number of H-pyrrole nitrogens is 2. The first-order valence-corrected chi connectivity index (χ1v) is 38.1. The summed E-state index contributed by atoms with van der Waals surface area (Å²) in [5.74, 6) is -10.1. The van der Waals surface area contributed by atoms with E-state index in [0.717, 1.165) is 10.9 Å². The second kappa shape index (κ2) is 42.1. The normalized spacial score (nSPS) is 16.6. The molecule has 2 aromatic heterocycles. The molecule has 5 aromatic rings. The van der Waals surface area contributed by atoms with E-state index < -0.39 is 169 Å². The fraction of sp³-hybridized carbons (Fsp3) is 0.514. The molecule has 33 nitrogen and oxygen atoms in total. The number of nitrogens with one attached hydrogen (secondary N) is 10. The Hall–Kier alpha value is -10.6. The van der Waals surface area contributed by atoms with Crippen LogP contribution < -0.4 is 82.7 Å². The number of thioether (sulfide) groups is 1. The van der Waals surface area contributed by atoms with Crippen LogP contribution in [0.5, 0.6) is 0 Å². The van der Waals surface area contributed by atoms with Crippen LogP contribution in [-0.4, -0.2) is 207 Å². The molecule has 2 saturated heterocycles. The topological polar surface area (TPSA) is 551 Å². The van der Waals surface area contributed by atoms with Crippen molar-refractivity contribution in [3.8, 4) is 0 Å². The average Bonchev–Trinajstić information content (AvgIpc) is 1.65. The van der Waals surface area contributed by atoms with Gasteiger partial charge in [-0.15, -0.1) is 0 Å². The number of carbonyl (C=O) groups is 13. The summed E-state index contributed by atoms with van der Waals surface area (Å²) in [6.07, 6.45) is 5.97. The zero-order valence-electron chi connectivity index (χ0n) is 61.5. The number of aromatic amines is 2. The van der Waals surface area contributed by atoms with Crippen molar-refractivity contribution in [1.82, 2.24) is 62.3 Å². The van der Waals surface area contributed by atoms with E-state index in [9.17, 15) is 47.9 Å². The van der Waals surface area contributed by atoms with Crippen molar-refractivity contribution >= 4 is 116 Å². The van der Waals surface area contributed by atoms with E-state index in [-0.39, 0.29) is 89.4 Å². The molecule has 0 saturated carbocycles. The van der Waals surface area contributed by atoms with Crippen molar-refractivity contribution in [2.45, 2.75) is 196 Å². The Morgan fingerprint density at radius 3 is 1.44 bits per heavy atom.